The molecule has 1 unspecified atom stereocenters. The molecule has 0 bridgehead atoms. The van der Waals surface area contributed by atoms with Crippen LogP contribution in [0.25, 0.3) is 0 Å². The summed E-state index contributed by atoms with van der Waals surface area (Å²) >= 11 is 0. The fourth-order valence-electron chi connectivity index (χ4n) is 1.92. The van der Waals surface area contributed by atoms with Crippen LogP contribution in [-0.2, 0) is 19.2 Å². The molecule has 0 radical (unpaired) electrons. The van der Waals surface area contributed by atoms with E-state index in [4.69, 9.17) is 5.11 Å². The Hall–Kier alpha value is -1.80. The first kappa shape index (κ1) is 22.2. The van der Waals surface area contributed by atoms with Crippen LogP contribution in [0.2, 0.25) is 0 Å². The molecule has 2 amide bonds. The van der Waals surface area contributed by atoms with Crippen LogP contribution >= 0.6 is 0 Å². The van der Waals surface area contributed by atoms with E-state index in [2.05, 4.69) is 10.6 Å². The van der Waals surface area contributed by atoms with Crippen molar-refractivity contribution in [1.29, 1.82) is 0 Å². The van der Waals surface area contributed by atoms with Gasteiger partial charge in [-0.25, -0.2) is 0 Å². The van der Waals surface area contributed by atoms with Gasteiger partial charge in [0.15, 0.2) is 0 Å². The van der Waals surface area contributed by atoms with E-state index in [9.17, 15) is 24.3 Å². The van der Waals surface area contributed by atoms with Gasteiger partial charge in [0, 0.05) is 25.9 Å². The highest BCUT2D eigenvalue weighted by Gasteiger charge is 2.26. The average Bonchev–Trinajstić information content (AvgIpc) is 2.52. The number of rotatable bonds is 13. The summed E-state index contributed by atoms with van der Waals surface area (Å²) in [5, 5.41) is 23.1. The third-order valence-electron chi connectivity index (χ3n) is 3.36. The largest absolute Gasteiger partial charge is 0.390 e. The van der Waals surface area contributed by atoms with Crippen LogP contribution in [-0.4, -0.2) is 58.9 Å². The topological polar surface area (TPSA) is 133 Å². The molecule has 138 valence electrons. The summed E-state index contributed by atoms with van der Waals surface area (Å²) in [6.07, 6.45) is 1.24. The first-order valence-electron chi connectivity index (χ1n) is 8.20. The summed E-state index contributed by atoms with van der Waals surface area (Å²) in [5.74, 6) is -2.08. The second kappa shape index (κ2) is 12.6. The fourth-order valence-corrected chi connectivity index (χ4v) is 1.92. The summed E-state index contributed by atoms with van der Waals surface area (Å²) < 4.78 is 0. The lowest BCUT2D eigenvalue weighted by Crippen LogP contribution is -2.44. The minimum atomic E-state index is -1.75. The zero-order valence-corrected chi connectivity index (χ0v) is 14.3. The number of aliphatic hydroxyl groups is 2. The molecule has 2 atom stereocenters. The summed E-state index contributed by atoms with van der Waals surface area (Å²) in [7, 11) is 0. The SMILES string of the molecule is CC(=O)CCCCCCC(=O)NCCNC(=O)C(=O)[C@@H](O)C(C)O. The number of hydrogen-bond donors (Lipinski definition) is 4. The van der Waals surface area contributed by atoms with E-state index in [0.717, 1.165) is 25.7 Å². The minimum Gasteiger partial charge on any atom is -0.390 e. The molecular formula is C16H28N2O6. The van der Waals surface area contributed by atoms with Gasteiger partial charge in [-0.3, -0.25) is 14.4 Å². The van der Waals surface area contributed by atoms with Gasteiger partial charge in [-0.15, -0.1) is 0 Å². The number of carbonyl (C=O) groups excluding carboxylic acids is 4. The van der Waals surface area contributed by atoms with Crippen LogP contribution in [0.4, 0.5) is 0 Å². The number of Topliss-reactive ketones (excluding diaryl/α,β-unsaturated/α-hetero) is 2. The van der Waals surface area contributed by atoms with Crippen LogP contribution in [0, 0.1) is 0 Å². The van der Waals surface area contributed by atoms with Gasteiger partial charge in [0.05, 0.1) is 6.10 Å². The Morgan fingerprint density at radius 1 is 0.875 bits per heavy atom. The van der Waals surface area contributed by atoms with E-state index in [1.54, 1.807) is 6.92 Å². The number of aliphatic hydroxyl groups excluding tert-OH is 2. The molecule has 0 aromatic rings. The molecule has 8 nitrogen and oxygen atoms in total. The molecule has 0 aromatic heterocycles. The minimum absolute atomic E-state index is 0.0570. The van der Waals surface area contributed by atoms with E-state index >= 15 is 0 Å². The predicted molar refractivity (Wildman–Crippen MR) is 87.1 cm³/mol. The van der Waals surface area contributed by atoms with E-state index in [1.807, 2.05) is 0 Å². The lowest BCUT2D eigenvalue weighted by molar-refractivity contribution is -0.146. The van der Waals surface area contributed by atoms with Crippen LogP contribution in [0.5, 0.6) is 0 Å². The van der Waals surface area contributed by atoms with Crippen molar-refractivity contribution in [2.75, 3.05) is 13.1 Å². The Bertz CT molecular complexity index is 436. The normalized spacial score (nSPS) is 13.0. The number of amides is 2. The maximum Gasteiger partial charge on any atom is 0.290 e. The standard InChI is InChI=1S/C16H28N2O6/c1-11(19)7-5-3-4-6-8-13(21)17-9-10-18-16(24)15(23)14(22)12(2)20/h12,14,20,22H,3-10H2,1-2H3,(H,17,21)(H,18,24)/t12?,14-/m0/s1. The van der Waals surface area contributed by atoms with Crippen LogP contribution in [0.1, 0.15) is 52.4 Å². The molecule has 0 saturated carbocycles. The molecule has 0 aromatic carbocycles. The van der Waals surface area contributed by atoms with Crippen molar-refractivity contribution < 1.29 is 29.4 Å². The summed E-state index contributed by atoms with van der Waals surface area (Å²) in [5.41, 5.74) is 0. The summed E-state index contributed by atoms with van der Waals surface area (Å²) in [4.78, 5) is 45.0. The van der Waals surface area contributed by atoms with Gasteiger partial charge in [-0.05, 0) is 26.7 Å². The van der Waals surface area contributed by atoms with Gasteiger partial charge < -0.3 is 25.6 Å². The monoisotopic (exact) mass is 344 g/mol. The Morgan fingerprint density at radius 2 is 1.42 bits per heavy atom. The molecule has 0 aliphatic carbocycles. The molecule has 8 heteroatoms. The van der Waals surface area contributed by atoms with Gasteiger partial charge in [0.25, 0.3) is 11.7 Å². The molecule has 0 fully saturated rings. The van der Waals surface area contributed by atoms with Crippen LogP contribution < -0.4 is 10.6 Å². The highest BCUT2D eigenvalue weighted by Crippen LogP contribution is 2.05. The molecule has 24 heavy (non-hydrogen) atoms. The molecule has 0 heterocycles. The van der Waals surface area contributed by atoms with Crippen molar-refractivity contribution in [2.45, 2.75) is 64.6 Å². The van der Waals surface area contributed by atoms with Crippen molar-refractivity contribution in [2.24, 2.45) is 0 Å². The first-order chi connectivity index (χ1) is 11.3. The maximum absolute atomic E-state index is 11.5. The highest BCUT2D eigenvalue weighted by molar-refractivity contribution is 6.37. The molecule has 0 aliphatic heterocycles. The van der Waals surface area contributed by atoms with Crippen molar-refractivity contribution in [1.82, 2.24) is 10.6 Å². The molecular weight excluding hydrogens is 316 g/mol. The van der Waals surface area contributed by atoms with E-state index in [1.165, 1.54) is 6.92 Å². The van der Waals surface area contributed by atoms with Gasteiger partial charge >= 0.3 is 0 Å². The molecule has 0 saturated heterocycles. The number of ketones is 2. The third kappa shape index (κ3) is 10.8. The second-order valence-electron chi connectivity index (χ2n) is 5.77. The molecule has 0 aliphatic rings. The fraction of sp³-hybridized carbons (Fsp3) is 0.750. The summed E-state index contributed by atoms with van der Waals surface area (Å²) in [6.45, 7) is 3.00. The summed E-state index contributed by atoms with van der Waals surface area (Å²) in [6, 6.07) is 0. The van der Waals surface area contributed by atoms with E-state index in [0.29, 0.717) is 12.8 Å². The molecule has 4 N–H and O–H groups in total. The Balaban J connectivity index is 3.66. The second-order valence-corrected chi connectivity index (χ2v) is 5.77. The molecule has 0 rings (SSSR count). The van der Waals surface area contributed by atoms with Crippen molar-refractivity contribution in [3.8, 4) is 0 Å². The van der Waals surface area contributed by atoms with Gasteiger partial charge in [0.2, 0.25) is 5.91 Å². The van der Waals surface area contributed by atoms with Crippen molar-refractivity contribution in [3.05, 3.63) is 0 Å². The number of hydrogen-bond acceptors (Lipinski definition) is 6. The Morgan fingerprint density at radius 3 is 1.96 bits per heavy atom. The number of unbranched alkanes of at least 4 members (excludes halogenated alkanes) is 3. The van der Waals surface area contributed by atoms with E-state index in [-0.39, 0.29) is 24.8 Å². The number of nitrogens with one attached hydrogen (secondary N) is 2. The van der Waals surface area contributed by atoms with Gasteiger partial charge in [-0.1, -0.05) is 12.8 Å². The smallest absolute Gasteiger partial charge is 0.290 e. The van der Waals surface area contributed by atoms with Gasteiger partial charge in [0.1, 0.15) is 11.9 Å². The van der Waals surface area contributed by atoms with Crippen LogP contribution in [0.3, 0.4) is 0 Å². The van der Waals surface area contributed by atoms with Crippen molar-refractivity contribution in [3.63, 3.8) is 0 Å². The highest BCUT2D eigenvalue weighted by atomic mass is 16.3. The van der Waals surface area contributed by atoms with Crippen LogP contribution in [0.15, 0.2) is 0 Å². The average molecular weight is 344 g/mol. The number of carbonyl (C=O) groups is 4. The first-order valence-corrected chi connectivity index (χ1v) is 8.20. The van der Waals surface area contributed by atoms with E-state index < -0.39 is 23.9 Å². The Kier molecular flexibility index (Phi) is 11.7. The maximum atomic E-state index is 11.5. The predicted octanol–water partition coefficient (Wildman–Crippen LogP) is -0.541. The third-order valence-corrected chi connectivity index (χ3v) is 3.36. The van der Waals surface area contributed by atoms with Gasteiger partial charge in [-0.2, -0.15) is 0 Å². The zero-order chi connectivity index (χ0) is 18.5. The quantitative estimate of drug-likeness (QED) is 0.262. The lowest BCUT2D eigenvalue weighted by atomic mass is 10.1. The zero-order valence-electron chi connectivity index (χ0n) is 14.3. The lowest BCUT2D eigenvalue weighted by Gasteiger charge is -2.12. The Labute approximate surface area is 142 Å². The van der Waals surface area contributed by atoms with Crippen molar-refractivity contribution >= 4 is 23.4 Å². The molecule has 0 spiro atoms.